The van der Waals surface area contributed by atoms with Gasteiger partial charge in [0.15, 0.2) is 0 Å². The van der Waals surface area contributed by atoms with E-state index in [0.29, 0.717) is 12.2 Å². The van der Waals surface area contributed by atoms with E-state index in [-0.39, 0.29) is 5.91 Å². The second-order valence-electron chi connectivity index (χ2n) is 3.73. The SMILES string of the molecule is CCC(=O)N1C(C(=O)O)CSC1(C)C. The molecule has 1 aliphatic rings. The van der Waals surface area contributed by atoms with Crippen LogP contribution in [0.1, 0.15) is 27.2 Å². The number of carboxylic acid groups (broad SMARTS) is 1. The lowest BCUT2D eigenvalue weighted by Gasteiger charge is -2.32. The van der Waals surface area contributed by atoms with Crippen LogP contribution in [0.4, 0.5) is 0 Å². The first-order chi connectivity index (χ1) is 6.40. The molecule has 1 amide bonds. The number of hydrogen-bond donors (Lipinski definition) is 1. The number of rotatable bonds is 2. The Labute approximate surface area is 87.7 Å². The third-order valence-corrected chi connectivity index (χ3v) is 3.73. The van der Waals surface area contributed by atoms with E-state index in [1.54, 1.807) is 6.92 Å². The van der Waals surface area contributed by atoms with E-state index < -0.39 is 16.9 Å². The molecule has 1 aliphatic heterocycles. The molecule has 1 atom stereocenters. The van der Waals surface area contributed by atoms with Gasteiger partial charge in [-0.15, -0.1) is 11.8 Å². The summed E-state index contributed by atoms with van der Waals surface area (Å²) in [5.74, 6) is -0.522. The molecule has 1 N–H and O–H groups in total. The third kappa shape index (κ3) is 1.87. The summed E-state index contributed by atoms with van der Waals surface area (Å²) in [5.41, 5.74) is 0. The number of thioether (sulfide) groups is 1. The van der Waals surface area contributed by atoms with Crippen molar-refractivity contribution in [2.45, 2.75) is 38.1 Å². The van der Waals surface area contributed by atoms with Gasteiger partial charge in [-0.2, -0.15) is 0 Å². The number of aliphatic carboxylic acids is 1. The van der Waals surface area contributed by atoms with Crippen LogP contribution >= 0.6 is 11.8 Å². The monoisotopic (exact) mass is 217 g/mol. The average molecular weight is 217 g/mol. The van der Waals surface area contributed by atoms with E-state index in [4.69, 9.17) is 5.11 Å². The molecule has 1 saturated heterocycles. The van der Waals surface area contributed by atoms with Crippen LogP contribution in [-0.2, 0) is 9.59 Å². The Morgan fingerprint density at radius 1 is 1.57 bits per heavy atom. The number of nitrogens with zero attached hydrogens (tertiary/aromatic N) is 1. The summed E-state index contributed by atoms with van der Waals surface area (Å²) in [6.45, 7) is 5.52. The molecule has 5 heteroatoms. The topological polar surface area (TPSA) is 57.6 Å². The van der Waals surface area contributed by atoms with E-state index >= 15 is 0 Å². The van der Waals surface area contributed by atoms with Crippen molar-refractivity contribution in [3.8, 4) is 0 Å². The molecule has 0 aromatic heterocycles. The van der Waals surface area contributed by atoms with Crippen molar-refractivity contribution in [1.29, 1.82) is 0 Å². The second kappa shape index (κ2) is 3.81. The van der Waals surface area contributed by atoms with Crippen molar-refractivity contribution >= 4 is 23.6 Å². The molecule has 0 aromatic carbocycles. The van der Waals surface area contributed by atoms with Crippen LogP contribution in [0.15, 0.2) is 0 Å². The molecular weight excluding hydrogens is 202 g/mol. The molecule has 0 aromatic rings. The Hall–Kier alpha value is -0.710. The fourth-order valence-electron chi connectivity index (χ4n) is 1.63. The maximum atomic E-state index is 11.6. The molecule has 1 rings (SSSR count). The number of carbonyl (C=O) groups is 2. The lowest BCUT2D eigenvalue weighted by atomic mass is 10.2. The van der Waals surface area contributed by atoms with Gasteiger partial charge in [0.25, 0.3) is 0 Å². The Kier molecular flexibility index (Phi) is 3.09. The zero-order valence-electron chi connectivity index (χ0n) is 8.61. The Bertz CT molecular complexity index is 265. The minimum absolute atomic E-state index is 0.0904. The fourth-order valence-corrected chi connectivity index (χ4v) is 2.85. The Balaban J connectivity index is 2.92. The fraction of sp³-hybridized carbons (Fsp3) is 0.778. The zero-order valence-corrected chi connectivity index (χ0v) is 9.43. The largest absolute Gasteiger partial charge is 0.480 e. The predicted octanol–water partition coefficient (Wildman–Crippen LogP) is 1.16. The van der Waals surface area contributed by atoms with Crippen molar-refractivity contribution in [3.63, 3.8) is 0 Å². The highest BCUT2D eigenvalue weighted by molar-refractivity contribution is 8.00. The van der Waals surface area contributed by atoms with Gasteiger partial charge >= 0.3 is 5.97 Å². The van der Waals surface area contributed by atoms with Crippen LogP contribution in [0.3, 0.4) is 0 Å². The molecule has 80 valence electrons. The summed E-state index contributed by atoms with van der Waals surface area (Å²) in [4.78, 5) is 23.6. The quantitative estimate of drug-likeness (QED) is 0.754. The van der Waals surface area contributed by atoms with Gasteiger partial charge < -0.3 is 10.0 Å². The van der Waals surface area contributed by atoms with Gasteiger partial charge in [0.05, 0.1) is 4.87 Å². The third-order valence-electron chi connectivity index (χ3n) is 2.34. The van der Waals surface area contributed by atoms with E-state index in [9.17, 15) is 9.59 Å². The summed E-state index contributed by atoms with van der Waals surface area (Å²) >= 11 is 1.51. The van der Waals surface area contributed by atoms with Crippen LogP contribution in [0.25, 0.3) is 0 Å². The molecule has 0 spiro atoms. The van der Waals surface area contributed by atoms with Gasteiger partial charge in [0, 0.05) is 12.2 Å². The van der Waals surface area contributed by atoms with Crippen LogP contribution in [-0.4, -0.2) is 38.5 Å². The number of amides is 1. The number of carboxylic acids is 1. The van der Waals surface area contributed by atoms with E-state index in [1.165, 1.54) is 16.7 Å². The minimum atomic E-state index is -0.912. The molecule has 1 unspecified atom stereocenters. The highest BCUT2D eigenvalue weighted by atomic mass is 32.2. The highest BCUT2D eigenvalue weighted by Gasteiger charge is 2.45. The molecule has 0 radical (unpaired) electrons. The average Bonchev–Trinajstić information content (AvgIpc) is 2.40. The Morgan fingerprint density at radius 3 is 2.57 bits per heavy atom. The van der Waals surface area contributed by atoms with Crippen molar-refractivity contribution in [2.24, 2.45) is 0 Å². The van der Waals surface area contributed by atoms with Crippen LogP contribution in [0.2, 0.25) is 0 Å². The zero-order chi connectivity index (χ0) is 10.9. The number of hydrogen-bond acceptors (Lipinski definition) is 3. The summed E-state index contributed by atoms with van der Waals surface area (Å²) in [6.07, 6.45) is 0.355. The molecule has 0 saturated carbocycles. The van der Waals surface area contributed by atoms with Crippen molar-refractivity contribution in [2.75, 3.05) is 5.75 Å². The Morgan fingerprint density at radius 2 is 2.14 bits per heavy atom. The standard InChI is InChI=1S/C9H15NO3S/c1-4-7(11)10-6(8(12)13)5-14-9(10,2)3/h6H,4-5H2,1-3H3,(H,12,13). The lowest BCUT2D eigenvalue weighted by molar-refractivity contribution is -0.150. The van der Waals surface area contributed by atoms with Crippen molar-refractivity contribution in [3.05, 3.63) is 0 Å². The van der Waals surface area contributed by atoms with Crippen LogP contribution < -0.4 is 0 Å². The summed E-state index contributed by atoms with van der Waals surface area (Å²) in [6, 6.07) is -0.664. The molecule has 14 heavy (non-hydrogen) atoms. The lowest BCUT2D eigenvalue weighted by Crippen LogP contribution is -2.49. The maximum absolute atomic E-state index is 11.6. The van der Waals surface area contributed by atoms with E-state index in [1.807, 2.05) is 13.8 Å². The molecule has 1 fully saturated rings. The molecule has 1 heterocycles. The smallest absolute Gasteiger partial charge is 0.327 e. The van der Waals surface area contributed by atoms with Gasteiger partial charge in [0.1, 0.15) is 6.04 Å². The second-order valence-corrected chi connectivity index (χ2v) is 5.35. The maximum Gasteiger partial charge on any atom is 0.327 e. The predicted molar refractivity (Wildman–Crippen MR) is 55.1 cm³/mol. The van der Waals surface area contributed by atoms with Gasteiger partial charge in [-0.05, 0) is 13.8 Å². The normalized spacial score (nSPS) is 25.1. The molecule has 4 nitrogen and oxygen atoms in total. The minimum Gasteiger partial charge on any atom is -0.480 e. The molecule has 0 bridgehead atoms. The summed E-state index contributed by atoms with van der Waals surface area (Å²) in [5, 5.41) is 8.95. The molecular formula is C9H15NO3S. The van der Waals surface area contributed by atoms with Gasteiger partial charge in [-0.25, -0.2) is 4.79 Å². The summed E-state index contributed by atoms with van der Waals surface area (Å²) < 4.78 is 0. The highest BCUT2D eigenvalue weighted by Crippen LogP contribution is 2.39. The first-order valence-corrected chi connectivity index (χ1v) is 5.57. The summed E-state index contributed by atoms with van der Waals surface area (Å²) in [7, 11) is 0. The first-order valence-electron chi connectivity index (χ1n) is 4.59. The number of carbonyl (C=O) groups excluding carboxylic acids is 1. The van der Waals surface area contributed by atoms with Gasteiger partial charge in [0.2, 0.25) is 5.91 Å². The van der Waals surface area contributed by atoms with Crippen LogP contribution in [0.5, 0.6) is 0 Å². The van der Waals surface area contributed by atoms with Crippen LogP contribution in [0, 0.1) is 0 Å². The van der Waals surface area contributed by atoms with Gasteiger partial charge in [-0.1, -0.05) is 6.92 Å². The molecule has 0 aliphatic carbocycles. The first kappa shape index (κ1) is 11.4. The van der Waals surface area contributed by atoms with E-state index in [0.717, 1.165) is 0 Å². The van der Waals surface area contributed by atoms with Crippen molar-refractivity contribution in [1.82, 2.24) is 4.90 Å². The van der Waals surface area contributed by atoms with E-state index in [2.05, 4.69) is 0 Å². The van der Waals surface area contributed by atoms with Gasteiger partial charge in [-0.3, -0.25) is 4.79 Å². The van der Waals surface area contributed by atoms with Crippen molar-refractivity contribution < 1.29 is 14.7 Å².